The van der Waals surface area contributed by atoms with E-state index in [1.54, 1.807) is 24.3 Å². The van der Waals surface area contributed by atoms with E-state index in [0.29, 0.717) is 12.2 Å². The van der Waals surface area contributed by atoms with Crippen LogP contribution in [0.2, 0.25) is 0 Å². The molecule has 0 bridgehead atoms. The van der Waals surface area contributed by atoms with Gasteiger partial charge in [0.15, 0.2) is 0 Å². The number of phenols is 1. The normalized spacial score (nSPS) is 8.62. The molecule has 0 aliphatic carbocycles. The molecule has 0 saturated carbocycles. The molecule has 1 rings (SSSR count). The first-order valence-electron chi connectivity index (χ1n) is 3.83. The molecule has 0 heterocycles. The maximum absolute atomic E-state index is 9.46. The maximum atomic E-state index is 9.46. The largest absolute Gasteiger partial charge is 0.508 e. The summed E-state index contributed by atoms with van der Waals surface area (Å²) in [7, 11) is 0. The van der Waals surface area contributed by atoms with Gasteiger partial charge in [-0.05, 0) is 18.1 Å². The molecule has 2 nitrogen and oxygen atoms in total. The molecule has 0 aliphatic heterocycles. The van der Waals surface area contributed by atoms with Gasteiger partial charge in [-0.2, -0.15) is 0 Å². The Labute approximate surface area is 78.2 Å². The fourth-order valence-corrected chi connectivity index (χ4v) is 1.15. The molecule has 0 radical (unpaired) electrons. The van der Waals surface area contributed by atoms with E-state index in [9.17, 15) is 5.11 Å². The number of phenolic OH excluding ortho intramolecular Hbond substituents is 1. The number of aromatic hydroxyl groups is 1. The van der Waals surface area contributed by atoms with Crippen LogP contribution in [0.1, 0.15) is 11.1 Å². The minimum atomic E-state index is 0. The van der Waals surface area contributed by atoms with Gasteiger partial charge in [0.1, 0.15) is 5.75 Å². The quantitative estimate of drug-likeness (QED) is 0.706. The van der Waals surface area contributed by atoms with Gasteiger partial charge >= 0.3 is 0 Å². The molecule has 0 atom stereocenters. The van der Waals surface area contributed by atoms with Gasteiger partial charge in [0.05, 0.1) is 0 Å². The van der Waals surface area contributed by atoms with Gasteiger partial charge < -0.3 is 10.6 Å². The van der Waals surface area contributed by atoms with Crippen molar-refractivity contribution in [3.8, 4) is 5.75 Å². The summed E-state index contributed by atoms with van der Waals surface area (Å²) in [6.45, 7) is 7.30. The number of hydrogen-bond donors (Lipinski definition) is 1. The van der Waals surface area contributed by atoms with Crippen molar-refractivity contribution in [2.24, 2.45) is 0 Å². The Balaban J connectivity index is 0.00000144. The summed E-state index contributed by atoms with van der Waals surface area (Å²) in [5.74, 6) is 0.312. The summed E-state index contributed by atoms with van der Waals surface area (Å²) in [5, 5.41) is 9.46. The Kier molecular flexibility index (Phi) is 4.55. The Hall–Kier alpha value is -1.54. The van der Waals surface area contributed by atoms with Gasteiger partial charge in [-0.3, -0.25) is 0 Å². The minimum absolute atomic E-state index is 0. The molecule has 1 aromatic carbocycles. The lowest BCUT2D eigenvalue weighted by Gasteiger charge is -2.04. The van der Waals surface area contributed by atoms with Crippen LogP contribution in [0.5, 0.6) is 5.75 Å². The summed E-state index contributed by atoms with van der Waals surface area (Å²) in [4.78, 5) is 0. The highest BCUT2D eigenvalue weighted by molar-refractivity contribution is 5.56. The van der Waals surface area contributed by atoms with E-state index in [1.165, 1.54) is 0 Å². The molecule has 0 amide bonds. The van der Waals surface area contributed by atoms with Crippen molar-refractivity contribution >= 4 is 6.08 Å². The second-order valence-electron chi connectivity index (χ2n) is 2.54. The molecule has 0 fully saturated rings. The predicted molar refractivity (Wildman–Crippen MR) is 55.7 cm³/mol. The molecule has 0 unspecified atom stereocenters. The summed E-state index contributed by atoms with van der Waals surface area (Å²) < 4.78 is 0. The third-order valence-electron chi connectivity index (χ3n) is 1.76. The SMILES string of the molecule is C=CCc1c(O)cccc1C=C.O. The number of rotatable bonds is 3. The van der Waals surface area contributed by atoms with Crippen LogP contribution in [0.15, 0.2) is 37.4 Å². The molecule has 1 aromatic rings. The second kappa shape index (κ2) is 5.17. The fraction of sp³-hybridized carbons (Fsp3) is 0.0909. The van der Waals surface area contributed by atoms with E-state index in [1.807, 2.05) is 6.07 Å². The van der Waals surface area contributed by atoms with Crippen molar-refractivity contribution in [1.29, 1.82) is 0 Å². The summed E-state index contributed by atoms with van der Waals surface area (Å²) >= 11 is 0. The van der Waals surface area contributed by atoms with E-state index in [2.05, 4.69) is 13.2 Å². The van der Waals surface area contributed by atoms with Crippen LogP contribution in [-0.2, 0) is 6.42 Å². The lowest BCUT2D eigenvalue weighted by atomic mass is 10.0. The predicted octanol–water partition coefficient (Wildman–Crippen LogP) is 1.94. The van der Waals surface area contributed by atoms with Crippen LogP contribution in [0, 0.1) is 0 Å². The molecule has 3 N–H and O–H groups in total. The zero-order valence-corrected chi connectivity index (χ0v) is 7.46. The average Bonchev–Trinajstić information content (AvgIpc) is 2.09. The van der Waals surface area contributed by atoms with Crippen LogP contribution in [-0.4, -0.2) is 10.6 Å². The van der Waals surface area contributed by atoms with Gasteiger partial charge in [0.2, 0.25) is 0 Å². The van der Waals surface area contributed by atoms with Crippen molar-refractivity contribution < 1.29 is 10.6 Å². The lowest BCUT2D eigenvalue weighted by Crippen LogP contribution is -1.86. The first-order chi connectivity index (χ1) is 5.79. The van der Waals surface area contributed by atoms with Crippen molar-refractivity contribution in [1.82, 2.24) is 0 Å². The second-order valence-corrected chi connectivity index (χ2v) is 2.54. The van der Waals surface area contributed by atoms with E-state index in [-0.39, 0.29) is 5.48 Å². The topological polar surface area (TPSA) is 51.7 Å². The lowest BCUT2D eigenvalue weighted by molar-refractivity contribution is 0.469. The van der Waals surface area contributed by atoms with Crippen LogP contribution in [0.4, 0.5) is 0 Å². The van der Waals surface area contributed by atoms with E-state index >= 15 is 0 Å². The summed E-state index contributed by atoms with van der Waals surface area (Å²) in [5.41, 5.74) is 1.86. The van der Waals surface area contributed by atoms with Crippen molar-refractivity contribution in [2.45, 2.75) is 6.42 Å². The number of benzene rings is 1. The molecule has 2 heteroatoms. The molecule has 0 aromatic heterocycles. The third-order valence-corrected chi connectivity index (χ3v) is 1.76. The highest BCUT2D eigenvalue weighted by atomic mass is 16.3. The van der Waals surface area contributed by atoms with E-state index in [0.717, 1.165) is 11.1 Å². The van der Waals surface area contributed by atoms with Crippen molar-refractivity contribution in [3.63, 3.8) is 0 Å². The molecule has 0 aliphatic rings. The zero-order chi connectivity index (χ0) is 8.97. The van der Waals surface area contributed by atoms with E-state index < -0.39 is 0 Å². The third kappa shape index (κ3) is 2.46. The van der Waals surface area contributed by atoms with E-state index in [4.69, 9.17) is 0 Å². The van der Waals surface area contributed by atoms with Gasteiger partial charge in [0, 0.05) is 5.56 Å². The van der Waals surface area contributed by atoms with Crippen molar-refractivity contribution in [3.05, 3.63) is 48.6 Å². The molecule has 70 valence electrons. The summed E-state index contributed by atoms with van der Waals surface area (Å²) in [6.07, 6.45) is 4.18. The van der Waals surface area contributed by atoms with Gasteiger partial charge in [-0.25, -0.2) is 0 Å². The number of hydrogen-bond acceptors (Lipinski definition) is 1. The molecular formula is C11H14O2. The molecule has 13 heavy (non-hydrogen) atoms. The van der Waals surface area contributed by atoms with Crippen LogP contribution >= 0.6 is 0 Å². The Morgan fingerprint density at radius 1 is 1.31 bits per heavy atom. The van der Waals surface area contributed by atoms with Gasteiger partial charge in [-0.1, -0.05) is 30.9 Å². The van der Waals surface area contributed by atoms with Gasteiger partial charge in [0.25, 0.3) is 0 Å². The molecule has 0 spiro atoms. The Morgan fingerprint density at radius 3 is 2.54 bits per heavy atom. The molecular weight excluding hydrogens is 164 g/mol. The Bertz CT molecular complexity index is 303. The van der Waals surface area contributed by atoms with Crippen molar-refractivity contribution in [2.75, 3.05) is 0 Å². The minimum Gasteiger partial charge on any atom is -0.508 e. The highest BCUT2D eigenvalue weighted by Crippen LogP contribution is 2.22. The number of allylic oxidation sites excluding steroid dienone is 1. The summed E-state index contributed by atoms with van der Waals surface area (Å²) in [6, 6.07) is 5.40. The standard InChI is InChI=1S/C11H12O.H2O/c1-3-6-10-9(4-2)7-5-8-11(10)12;/h3-5,7-8,12H,1-2,6H2;1H2. The average molecular weight is 178 g/mol. The van der Waals surface area contributed by atoms with Gasteiger partial charge in [-0.15, -0.1) is 6.58 Å². The maximum Gasteiger partial charge on any atom is 0.119 e. The first-order valence-corrected chi connectivity index (χ1v) is 3.83. The van der Waals surface area contributed by atoms with Crippen LogP contribution in [0.3, 0.4) is 0 Å². The fourth-order valence-electron chi connectivity index (χ4n) is 1.15. The first kappa shape index (κ1) is 11.5. The molecule has 0 saturated heterocycles. The van der Waals surface area contributed by atoms with Crippen LogP contribution < -0.4 is 0 Å². The highest BCUT2D eigenvalue weighted by Gasteiger charge is 2.01. The Morgan fingerprint density at radius 2 is 2.00 bits per heavy atom. The monoisotopic (exact) mass is 178 g/mol. The van der Waals surface area contributed by atoms with Crippen LogP contribution in [0.25, 0.3) is 6.08 Å². The smallest absolute Gasteiger partial charge is 0.119 e. The zero-order valence-electron chi connectivity index (χ0n) is 7.46.